The number of halogens is 1. The fourth-order valence-electron chi connectivity index (χ4n) is 3.16. The molecule has 2 aliphatic rings. The summed E-state index contributed by atoms with van der Waals surface area (Å²) in [7, 11) is 0. The third-order valence-electron chi connectivity index (χ3n) is 4.79. The van der Waals surface area contributed by atoms with Gasteiger partial charge in [0.15, 0.2) is 23.3 Å². The molecule has 6 nitrogen and oxygen atoms in total. The first-order valence-corrected chi connectivity index (χ1v) is 10.4. The molecule has 29 heavy (non-hydrogen) atoms. The minimum Gasteiger partial charge on any atom is -0.481 e. The molecule has 2 aromatic rings. The van der Waals surface area contributed by atoms with Crippen molar-refractivity contribution < 1.29 is 13.9 Å². The number of ether oxygens (including phenoxy) is 1. The van der Waals surface area contributed by atoms with Gasteiger partial charge in [0.25, 0.3) is 5.91 Å². The van der Waals surface area contributed by atoms with E-state index >= 15 is 0 Å². The molecule has 4 rings (SSSR count). The highest BCUT2D eigenvalue weighted by atomic mass is 32.2. The summed E-state index contributed by atoms with van der Waals surface area (Å²) in [5.74, 6) is 0.265. The minimum atomic E-state index is -0.465. The van der Waals surface area contributed by atoms with Crippen LogP contribution in [0.4, 0.5) is 4.39 Å². The van der Waals surface area contributed by atoms with Crippen LogP contribution in [0.1, 0.15) is 5.56 Å². The van der Waals surface area contributed by atoms with Gasteiger partial charge in [0.05, 0.1) is 5.71 Å². The van der Waals surface area contributed by atoms with Crippen molar-refractivity contribution in [2.24, 2.45) is 10.2 Å². The number of thioether (sulfide) groups is 1. The number of nitrogens with zero attached hydrogens (tertiary/aromatic N) is 4. The normalized spacial score (nSPS) is 16.9. The van der Waals surface area contributed by atoms with Crippen molar-refractivity contribution in [2.45, 2.75) is 0 Å². The Labute approximate surface area is 173 Å². The third kappa shape index (κ3) is 4.76. The molecule has 1 amide bonds. The van der Waals surface area contributed by atoms with Gasteiger partial charge < -0.3 is 14.5 Å². The SMILES string of the molecule is O=C(COc1ccccc1F)N1CCN(C2=NN=C(c3ccccc3)CS2)CC1. The summed E-state index contributed by atoms with van der Waals surface area (Å²) in [5, 5.41) is 9.67. The Morgan fingerprint density at radius 1 is 1.00 bits per heavy atom. The molecule has 0 aromatic heterocycles. The number of carbonyl (C=O) groups is 1. The van der Waals surface area contributed by atoms with Crippen LogP contribution in [0.15, 0.2) is 64.8 Å². The highest BCUT2D eigenvalue weighted by Crippen LogP contribution is 2.20. The highest BCUT2D eigenvalue weighted by molar-refractivity contribution is 8.14. The van der Waals surface area contributed by atoms with Gasteiger partial charge in [0, 0.05) is 31.9 Å². The number of hydrogen-bond donors (Lipinski definition) is 0. The minimum absolute atomic E-state index is 0.0968. The molecule has 0 unspecified atom stereocenters. The Kier molecular flexibility index (Phi) is 6.09. The largest absolute Gasteiger partial charge is 0.481 e. The molecule has 1 saturated heterocycles. The molecular formula is C21H21FN4O2S. The van der Waals surface area contributed by atoms with Crippen molar-refractivity contribution >= 4 is 28.5 Å². The number of rotatable bonds is 4. The third-order valence-corrected chi connectivity index (χ3v) is 5.81. The van der Waals surface area contributed by atoms with Gasteiger partial charge in [-0.3, -0.25) is 4.79 Å². The van der Waals surface area contributed by atoms with E-state index in [4.69, 9.17) is 4.74 Å². The number of para-hydroxylation sites is 1. The molecular weight excluding hydrogens is 391 g/mol. The van der Waals surface area contributed by atoms with E-state index in [2.05, 4.69) is 15.1 Å². The van der Waals surface area contributed by atoms with Crippen LogP contribution in [0.25, 0.3) is 0 Å². The Balaban J connectivity index is 1.28. The lowest BCUT2D eigenvalue weighted by Gasteiger charge is -2.36. The summed E-state index contributed by atoms with van der Waals surface area (Å²) in [4.78, 5) is 16.3. The summed E-state index contributed by atoms with van der Waals surface area (Å²) >= 11 is 1.67. The topological polar surface area (TPSA) is 57.5 Å². The average Bonchev–Trinajstić information content (AvgIpc) is 2.79. The quantitative estimate of drug-likeness (QED) is 0.775. The maximum atomic E-state index is 13.6. The number of carbonyl (C=O) groups excluding carboxylic acids is 1. The van der Waals surface area contributed by atoms with Crippen LogP contribution in [-0.4, -0.2) is 65.1 Å². The van der Waals surface area contributed by atoms with Crippen LogP contribution in [0.2, 0.25) is 0 Å². The number of piperazine rings is 1. The van der Waals surface area contributed by atoms with E-state index in [1.54, 1.807) is 28.8 Å². The molecule has 8 heteroatoms. The first-order chi connectivity index (χ1) is 14.2. The van der Waals surface area contributed by atoms with E-state index in [1.807, 2.05) is 30.3 Å². The lowest BCUT2D eigenvalue weighted by atomic mass is 10.1. The second-order valence-electron chi connectivity index (χ2n) is 6.67. The van der Waals surface area contributed by atoms with E-state index in [0.717, 1.165) is 22.2 Å². The zero-order valence-corrected chi connectivity index (χ0v) is 16.6. The Bertz CT molecular complexity index is 927. The van der Waals surface area contributed by atoms with Gasteiger partial charge >= 0.3 is 0 Å². The van der Waals surface area contributed by atoms with Gasteiger partial charge in [-0.15, -0.1) is 5.10 Å². The van der Waals surface area contributed by atoms with Crippen molar-refractivity contribution in [2.75, 3.05) is 38.5 Å². The predicted molar refractivity (Wildman–Crippen MR) is 113 cm³/mol. The van der Waals surface area contributed by atoms with Crippen LogP contribution >= 0.6 is 11.8 Å². The summed E-state index contributed by atoms with van der Waals surface area (Å²) in [6, 6.07) is 16.1. The fraction of sp³-hybridized carbons (Fsp3) is 0.286. The Hall–Kier alpha value is -2.87. The molecule has 2 aromatic carbocycles. The van der Waals surface area contributed by atoms with Crippen LogP contribution in [-0.2, 0) is 4.79 Å². The molecule has 0 radical (unpaired) electrons. The number of amidine groups is 1. The predicted octanol–water partition coefficient (Wildman–Crippen LogP) is 2.86. The first-order valence-electron chi connectivity index (χ1n) is 9.43. The molecule has 0 spiro atoms. The zero-order valence-electron chi connectivity index (χ0n) is 15.8. The summed E-state index contributed by atoms with van der Waals surface area (Å²) in [5.41, 5.74) is 2.06. The van der Waals surface area contributed by atoms with Crippen molar-refractivity contribution in [3.8, 4) is 5.75 Å². The summed E-state index contributed by atoms with van der Waals surface area (Å²) in [6.07, 6.45) is 0. The summed E-state index contributed by atoms with van der Waals surface area (Å²) < 4.78 is 18.9. The molecule has 2 aliphatic heterocycles. The monoisotopic (exact) mass is 412 g/mol. The van der Waals surface area contributed by atoms with Gasteiger partial charge in [-0.25, -0.2) is 4.39 Å². The fourth-order valence-corrected chi connectivity index (χ4v) is 4.11. The lowest BCUT2D eigenvalue weighted by molar-refractivity contribution is -0.134. The molecule has 1 fully saturated rings. The molecule has 0 saturated carbocycles. The second-order valence-corrected chi connectivity index (χ2v) is 7.61. The average molecular weight is 412 g/mol. The van der Waals surface area contributed by atoms with E-state index in [-0.39, 0.29) is 18.3 Å². The molecule has 0 atom stereocenters. The molecule has 150 valence electrons. The summed E-state index contributed by atoms with van der Waals surface area (Å²) in [6.45, 7) is 2.37. The van der Waals surface area contributed by atoms with E-state index in [9.17, 15) is 9.18 Å². The maximum Gasteiger partial charge on any atom is 0.260 e. The van der Waals surface area contributed by atoms with Crippen LogP contribution in [0, 0.1) is 5.82 Å². The van der Waals surface area contributed by atoms with E-state index in [0.29, 0.717) is 26.2 Å². The number of benzene rings is 2. The number of hydrogen-bond acceptors (Lipinski definition) is 6. The van der Waals surface area contributed by atoms with E-state index < -0.39 is 5.82 Å². The van der Waals surface area contributed by atoms with Crippen molar-refractivity contribution in [3.63, 3.8) is 0 Å². The molecule has 0 N–H and O–H groups in total. The maximum absolute atomic E-state index is 13.6. The van der Waals surface area contributed by atoms with Crippen LogP contribution in [0.3, 0.4) is 0 Å². The Morgan fingerprint density at radius 3 is 2.41 bits per heavy atom. The van der Waals surface area contributed by atoms with Gasteiger partial charge in [0.1, 0.15) is 0 Å². The van der Waals surface area contributed by atoms with Gasteiger partial charge in [-0.1, -0.05) is 54.2 Å². The smallest absolute Gasteiger partial charge is 0.260 e. The van der Waals surface area contributed by atoms with E-state index in [1.165, 1.54) is 12.1 Å². The highest BCUT2D eigenvalue weighted by Gasteiger charge is 2.25. The van der Waals surface area contributed by atoms with Gasteiger partial charge in [-0.05, 0) is 17.7 Å². The van der Waals surface area contributed by atoms with Gasteiger partial charge in [0.2, 0.25) is 0 Å². The Morgan fingerprint density at radius 2 is 1.72 bits per heavy atom. The van der Waals surface area contributed by atoms with Crippen molar-refractivity contribution in [1.29, 1.82) is 0 Å². The standard InChI is InChI=1S/C21H21FN4O2S/c22-17-8-4-5-9-19(17)28-14-20(27)25-10-12-26(13-11-25)21-24-23-18(15-29-21)16-6-2-1-3-7-16/h1-9H,10-15H2. The van der Waals surface area contributed by atoms with Crippen LogP contribution in [0.5, 0.6) is 5.75 Å². The lowest BCUT2D eigenvalue weighted by Crippen LogP contribution is -2.51. The van der Waals surface area contributed by atoms with Crippen molar-refractivity contribution in [1.82, 2.24) is 9.80 Å². The first kappa shape index (κ1) is 19.4. The number of amides is 1. The molecule has 0 bridgehead atoms. The molecule has 2 heterocycles. The molecule has 0 aliphatic carbocycles. The van der Waals surface area contributed by atoms with Gasteiger partial charge in [-0.2, -0.15) is 5.10 Å². The zero-order chi connectivity index (χ0) is 20.1. The second kappa shape index (κ2) is 9.09. The van der Waals surface area contributed by atoms with Crippen molar-refractivity contribution in [3.05, 3.63) is 66.0 Å². The van der Waals surface area contributed by atoms with Crippen LogP contribution < -0.4 is 4.74 Å².